The minimum atomic E-state index is -0.516. The first-order valence-electron chi connectivity index (χ1n) is 9.99. The van der Waals surface area contributed by atoms with E-state index in [2.05, 4.69) is 12.2 Å². The van der Waals surface area contributed by atoms with Gasteiger partial charge in [0.05, 0.1) is 12.7 Å². The molecule has 0 aliphatic carbocycles. The van der Waals surface area contributed by atoms with Crippen LogP contribution in [-0.2, 0) is 15.9 Å². The molecule has 1 N–H and O–H groups in total. The highest BCUT2D eigenvalue weighted by Gasteiger charge is 2.16. The summed E-state index contributed by atoms with van der Waals surface area (Å²) in [6.45, 7) is 12.6. The number of carbonyl (C=O) groups is 1. The van der Waals surface area contributed by atoms with E-state index in [-0.39, 0.29) is 6.10 Å². The van der Waals surface area contributed by atoms with Gasteiger partial charge in [-0.25, -0.2) is 4.79 Å². The quantitative estimate of drug-likeness (QED) is 0.566. The van der Waals surface area contributed by atoms with Crippen LogP contribution in [-0.4, -0.2) is 24.9 Å². The lowest BCUT2D eigenvalue weighted by atomic mass is 10.1. The minimum absolute atomic E-state index is 0.0543. The summed E-state index contributed by atoms with van der Waals surface area (Å²) in [5.41, 5.74) is 2.44. The summed E-state index contributed by atoms with van der Waals surface area (Å²) in [5, 5.41) is 2.73. The van der Waals surface area contributed by atoms with Crippen molar-refractivity contribution in [3.8, 4) is 5.75 Å². The van der Waals surface area contributed by atoms with Crippen molar-refractivity contribution in [1.29, 1.82) is 0 Å². The molecule has 2 aromatic rings. The molecule has 0 spiro atoms. The Hall–Kier alpha value is -2.53. The van der Waals surface area contributed by atoms with Gasteiger partial charge in [0.25, 0.3) is 0 Å². The molecule has 0 aliphatic rings. The Morgan fingerprint density at radius 3 is 2.28 bits per heavy atom. The Balaban J connectivity index is 1.77. The van der Waals surface area contributed by atoms with E-state index in [1.54, 1.807) is 0 Å². The monoisotopic (exact) mass is 398 g/mol. The van der Waals surface area contributed by atoms with Crippen molar-refractivity contribution in [3.05, 3.63) is 66.6 Å². The smallest absolute Gasteiger partial charge is 0.412 e. The molecule has 5 nitrogen and oxygen atoms in total. The molecular weight excluding hydrogens is 366 g/mol. The summed E-state index contributed by atoms with van der Waals surface area (Å²) in [4.78, 5) is 11.8. The van der Waals surface area contributed by atoms with Crippen molar-refractivity contribution in [3.63, 3.8) is 0 Å². The van der Waals surface area contributed by atoms with Gasteiger partial charge in [-0.15, -0.1) is 0 Å². The molecule has 0 saturated heterocycles. The van der Waals surface area contributed by atoms with E-state index in [1.807, 2.05) is 76.2 Å². The maximum atomic E-state index is 11.8. The van der Waals surface area contributed by atoms with Gasteiger partial charge in [-0.3, -0.25) is 5.32 Å². The van der Waals surface area contributed by atoms with E-state index < -0.39 is 11.7 Å². The molecule has 29 heavy (non-hydrogen) atoms. The third-order valence-corrected chi connectivity index (χ3v) is 4.12. The third kappa shape index (κ3) is 8.57. The predicted octanol–water partition coefficient (Wildman–Crippen LogP) is 5.96. The number of hydrogen-bond acceptors (Lipinski definition) is 4. The van der Waals surface area contributed by atoms with Crippen LogP contribution < -0.4 is 10.1 Å². The molecule has 157 valence electrons. The van der Waals surface area contributed by atoms with Gasteiger partial charge in [-0.2, -0.15) is 0 Å². The molecule has 1 unspecified atom stereocenters. The van der Waals surface area contributed by atoms with Gasteiger partial charge in [0, 0.05) is 18.7 Å². The van der Waals surface area contributed by atoms with Gasteiger partial charge < -0.3 is 14.2 Å². The second kappa shape index (κ2) is 10.9. The molecular formula is C24H32NO4. The van der Waals surface area contributed by atoms with Gasteiger partial charge in [-0.05, 0) is 69.5 Å². The Morgan fingerprint density at radius 1 is 1.03 bits per heavy atom. The third-order valence-electron chi connectivity index (χ3n) is 4.12. The summed E-state index contributed by atoms with van der Waals surface area (Å²) in [6.07, 6.45) is 1.14. The number of ether oxygens (including phenoxy) is 3. The second-order valence-electron chi connectivity index (χ2n) is 7.86. The standard InChI is InChI=1S/C24H32NO4/c1-6-16-27-18(2)20-9-13-22(14-10-20)28-17-15-19-7-11-21(12-8-19)25-23(26)29-24(3,4)5/h7-14,18H,1,6,15-17H2,2-5H3,(H,25,26). The number of benzene rings is 2. The normalized spacial score (nSPS) is 12.3. The van der Waals surface area contributed by atoms with Crippen LogP contribution >= 0.6 is 0 Å². The van der Waals surface area contributed by atoms with Crippen LogP contribution in [0.15, 0.2) is 48.5 Å². The van der Waals surface area contributed by atoms with Crippen molar-refractivity contribution < 1.29 is 19.0 Å². The number of carbonyl (C=O) groups excluding carboxylic acids is 1. The van der Waals surface area contributed by atoms with E-state index in [9.17, 15) is 4.79 Å². The van der Waals surface area contributed by atoms with Crippen LogP contribution in [0.5, 0.6) is 5.75 Å². The lowest BCUT2D eigenvalue weighted by Gasteiger charge is -2.19. The highest BCUT2D eigenvalue weighted by molar-refractivity contribution is 5.84. The fourth-order valence-electron chi connectivity index (χ4n) is 2.65. The summed E-state index contributed by atoms with van der Waals surface area (Å²) < 4.78 is 16.8. The van der Waals surface area contributed by atoms with Crippen LogP contribution in [0, 0.1) is 6.92 Å². The Labute approximate surface area is 174 Å². The minimum Gasteiger partial charge on any atom is -0.493 e. The van der Waals surface area contributed by atoms with Crippen LogP contribution in [0.3, 0.4) is 0 Å². The van der Waals surface area contributed by atoms with Crippen LogP contribution in [0.2, 0.25) is 0 Å². The second-order valence-corrected chi connectivity index (χ2v) is 7.86. The first kappa shape index (κ1) is 22.8. The largest absolute Gasteiger partial charge is 0.493 e. The zero-order valence-corrected chi connectivity index (χ0v) is 17.9. The Bertz CT molecular complexity index is 748. The number of amides is 1. The molecule has 0 bridgehead atoms. The molecule has 2 rings (SSSR count). The zero-order chi connectivity index (χ0) is 21.3. The van der Waals surface area contributed by atoms with Crippen molar-refractivity contribution in [1.82, 2.24) is 0 Å². The Morgan fingerprint density at radius 2 is 1.69 bits per heavy atom. The highest BCUT2D eigenvalue weighted by atomic mass is 16.6. The van der Waals surface area contributed by atoms with Crippen LogP contribution in [0.4, 0.5) is 10.5 Å². The molecule has 0 aliphatic heterocycles. The number of hydrogen-bond donors (Lipinski definition) is 1. The average molecular weight is 399 g/mol. The molecule has 0 aromatic heterocycles. The zero-order valence-electron chi connectivity index (χ0n) is 17.9. The summed E-state index contributed by atoms with van der Waals surface area (Å²) in [7, 11) is 0. The van der Waals surface area contributed by atoms with E-state index in [0.29, 0.717) is 18.9 Å². The van der Waals surface area contributed by atoms with E-state index >= 15 is 0 Å². The lowest BCUT2D eigenvalue weighted by Crippen LogP contribution is -2.27. The van der Waals surface area contributed by atoms with Crippen LogP contribution in [0.25, 0.3) is 0 Å². The molecule has 0 saturated carbocycles. The molecule has 0 fully saturated rings. The fraction of sp³-hybridized carbons (Fsp3) is 0.417. The van der Waals surface area contributed by atoms with Crippen molar-refractivity contribution in [2.24, 2.45) is 0 Å². The van der Waals surface area contributed by atoms with E-state index in [4.69, 9.17) is 14.2 Å². The van der Waals surface area contributed by atoms with Gasteiger partial charge >= 0.3 is 6.09 Å². The molecule has 5 heteroatoms. The van der Waals surface area contributed by atoms with Gasteiger partial charge in [0.1, 0.15) is 11.4 Å². The lowest BCUT2D eigenvalue weighted by molar-refractivity contribution is 0.0635. The van der Waals surface area contributed by atoms with Gasteiger partial charge in [0.2, 0.25) is 0 Å². The van der Waals surface area contributed by atoms with E-state index in [0.717, 1.165) is 29.7 Å². The first-order chi connectivity index (χ1) is 13.8. The van der Waals surface area contributed by atoms with Crippen LogP contribution in [0.1, 0.15) is 51.3 Å². The topological polar surface area (TPSA) is 56.8 Å². The number of nitrogens with one attached hydrogen (secondary N) is 1. The maximum Gasteiger partial charge on any atom is 0.412 e. The van der Waals surface area contributed by atoms with Crippen molar-refractivity contribution >= 4 is 11.8 Å². The SMILES string of the molecule is [CH2]CCOC(C)c1ccc(OCCc2ccc(NC(=O)OC(C)(C)C)cc2)cc1. The van der Waals surface area contributed by atoms with Crippen molar-refractivity contribution in [2.45, 2.75) is 52.2 Å². The Kier molecular flexibility index (Phi) is 8.52. The summed E-state index contributed by atoms with van der Waals surface area (Å²) >= 11 is 0. The molecule has 2 aromatic carbocycles. The van der Waals surface area contributed by atoms with Crippen molar-refractivity contribution in [2.75, 3.05) is 18.5 Å². The van der Waals surface area contributed by atoms with Gasteiger partial charge in [0.15, 0.2) is 0 Å². The highest BCUT2D eigenvalue weighted by Crippen LogP contribution is 2.21. The van der Waals surface area contributed by atoms with E-state index in [1.165, 1.54) is 0 Å². The summed E-state index contributed by atoms with van der Waals surface area (Å²) in [5.74, 6) is 0.835. The molecule has 0 heterocycles. The molecule has 1 atom stereocenters. The molecule has 1 radical (unpaired) electrons. The number of anilines is 1. The fourth-order valence-corrected chi connectivity index (χ4v) is 2.65. The average Bonchev–Trinajstić information content (AvgIpc) is 2.66. The number of rotatable bonds is 9. The van der Waals surface area contributed by atoms with Gasteiger partial charge in [-0.1, -0.05) is 31.2 Å². The summed E-state index contributed by atoms with van der Waals surface area (Å²) in [6, 6.07) is 15.7. The maximum absolute atomic E-state index is 11.8. The molecule has 1 amide bonds. The first-order valence-corrected chi connectivity index (χ1v) is 9.99. The predicted molar refractivity (Wildman–Crippen MR) is 116 cm³/mol.